The molecule has 140 valence electrons. The summed E-state index contributed by atoms with van der Waals surface area (Å²) in [5.41, 5.74) is 3.43. The molecule has 0 unspecified atom stereocenters. The summed E-state index contributed by atoms with van der Waals surface area (Å²) >= 11 is 7.54. The van der Waals surface area contributed by atoms with E-state index in [1.807, 2.05) is 50.2 Å². The fraction of sp³-hybridized carbons (Fsp3) is 0.211. The van der Waals surface area contributed by atoms with Crippen molar-refractivity contribution in [1.29, 1.82) is 0 Å². The van der Waals surface area contributed by atoms with Gasteiger partial charge in [0.05, 0.1) is 29.3 Å². The second-order valence-corrected chi connectivity index (χ2v) is 7.28. The molecule has 0 aliphatic rings. The Balaban J connectivity index is 1.72. The molecule has 0 saturated carbocycles. The SMILES string of the molecule is COc1ccccc1-n1cnnc1SCC(=O)Nc1c(C)cc(C)cc1Cl. The molecule has 8 heteroatoms. The normalized spacial score (nSPS) is 10.7. The quantitative estimate of drug-likeness (QED) is 0.623. The number of nitrogens with zero attached hydrogens (tertiary/aromatic N) is 3. The van der Waals surface area contributed by atoms with Gasteiger partial charge in [-0.3, -0.25) is 9.36 Å². The molecule has 6 nitrogen and oxygen atoms in total. The van der Waals surface area contributed by atoms with E-state index in [2.05, 4.69) is 15.5 Å². The summed E-state index contributed by atoms with van der Waals surface area (Å²) in [4.78, 5) is 12.4. The van der Waals surface area contributed by atoms with Crippen LogP contribution in [0.3, 0.4) is 0 Å². The maximum atomic E-state index is 12.4. The molecule has 3 aromatic rings. The number of nitrogens with one attached hydrogen (secondary N) is 1. The number of methoxy groups -OCH3 is 1. The number of benzene rings is 2. The Morgan fingerprint density at radius 1 is 1.30 bits per heavy atom. The second-order valence-electron chi connectivity index (χ2n) is 5.93. The molecule has 0 atom stereocenters. The van der Waals surface area contributed by atoms with Crippen molar-refractivity contribution in [3.8, 4) is 11.4 Å². The number of carbonyl (C=O) groups is 1. The molecule has 2 aromatic carbocycles. The Hall–Kier alpha value is -2.51. The largest absolute Gasteiger partial charge is 0.495 e. The molecule has 1 N–H and O–H groups in total. The lowest BCUT2D eigenvalue weighted by molar-refractivity contribution is -0.113. The lowest BCUT2D eigenvalue weighted by Gasteiger charge is -2.12. The molecular formula is C19H19ClN4O2S. The van der Waals surface area contributed by atoms with Gasteiger partial charge in [0.15, 0.2) is 5.16 Å². The van der Waals surface area contributed by atoms with Crippen molar-refractivity contribution >= 4 is 35.0 Å². The van der Waals surface area contributed by atoms with Crippen molar-refractivity contribution in [3.05, 3.63) is 58.9 Å². The summed E-state index contributed by atoms with van der Waals surface area (Å²) < 4.78 is 7.18. The number of amides is 1. The van der Waals surface area contributed by atoms with Crippen LogP contribution in [0.5, 0.6) is 5.75 Å². The number of aromatic nitrogens is 3. The Morgan fingerprint density at radius 3 is 2.81 bits per heavy atom. The van der Waals surface area contributed by atoms with Gasteiger partial charge in [-0.1, -0.05) is 41.6 Å². The predicted octanol–water partition coefficient (Wildman–Crippen LogP) is 4.28. The van der Waals surface area contributed by atoms with E-state index in [1.54, 1.807) is 18.0 Å². The maximum absolute atomic E-state index is 12.4. The molecule has 0 spiro atoms. The number of ether oxygens (including phenoxy) is 1. The van der Waals surface area contributed by atoms with E-state index in [4.69, 9.17) is 16.3 Å². The summed E-state index contributed by atoms with van der Waals surface area (Å²) in [7, 11) is 1.61. The van der Waals surface area contributed by atoms with Crippen molar-refractivity contribution < 1.29 is 9.53 Å². The molecule has 0 bridgehead atoms. The first-order valence-electron chi connectivity index (χ1n) is 8.22. The number of hydrogen-bond donors (Lipinski definition) is 1. The number of rotatable bonds is 6. The number of hydrogen-bond acceptors (Lipinski definition) is 5. The highest BCUT2D eigenvalue weighted by atomic mass is 35.5. The first kappa shape index (κ1) is 19.3. The van der Waals surface area contributed by atoms with Gasteiger partial charge in [0, 0.05) is 0 Å². The molecule has 0 aliphatic carbocycles. The topological polar surface area (TPSA) is 69.0 Å². The van der Waals surface area contributed by atoms with Gasteiger partial charge in [-0.05, 0) is 43.2 Å². The summed E-state index contributed by atoms with van der Waals surface area (Å²) in [5, 5.41) is 12.1. The van der Waals surface area contributed by atoms with Crippen LogP contribution in [-0.4, -0.2) is 33.5 Å². The van der Waals surface area contributed by atoms with Crippen molar-refractivity contribution in [3.63, 3.8) is 0 Å². The van der Waals surface area contributed by atoms with Crippen LogP contribution in [-0.2, 0) is 4.79 Å². The van der Waals surface area contributed by atoms with Crippen LogP contribution >= 0.6 is 23.4 Å². The van der Waals surface area contributed by atoms with Crippen molar-refractivity contribution in [1.82, 2.24) is 14.8 Å². The molecule has 0 saturated heterocycles. The van der Waals surface area contributed by atoms with Crippen LogP contribution in [0.25, 0.3) is 5.69 Å². The molecular weight excluding hydrogens is 384 g/mol. The third-order valence-electron chi connectivity index (χ3n) is 3.89. The third kappa shape index (κ3) is 4.43. The molecule has 27 heavy (non-hydrogen) atoms. The number of halogens is 1. The summed E-state index contributed by atoms with van der Waals surface area (Å²) in [6, 6.07) is 11.4. The van der Waals surface area contributed by atoms with Crippen LogP contribution in [0.1, 0.15) is 11.1 Å². The van der Waals surface area contributed by atoms with Gasteiger partial charge in [0.1, 0.15) is 12.1 Å². The van der Waals surface area contributed by atoms with Crippen LogP contribution in [0.4, 0.5) is 5.69 Å². The zero-order valence-corrected chi connectivity index (χ0v) is 16.8. The van der Waals surface area contributed by atoms with Crippen LogP contribution in [0.15, 0.2) is 47.9 Å². The molecule has 1 aromatic heterocycles. The van der Waals surface area contributed by atoms with Gasteiger partial charge in [-0.25, -0.2) is 0 Å². The first-order chi connectivity index (χ1) is 13.0. The number of aryl methyl sites for hydroxylation is 2. The molecule has 0 fully saturated rings. The first-order valence-corrected chi connectivity index (χ1v) is 9.58. The Bertz CT molecular complexity index is 951. The van der Waals surface area contributed by atoms with Gasteiger partial charge in [-0.15, -0.1) is 10.2 Å². The maximum Gasteiger partial charge on any atom is 0.234 e. The molecule has 1 heterocycles. The van der Waals surface area contributed by atoms with E-state index in [1.165, 1.54) is 11.8 Å². The minimum absolute atomic E-state index is 0.163. The van der Waals surface area contributed by atoms with Gasteiger partial charge >= 0.3 is 0 Å². The smallest absolute Gasteiger partial charge is 0.234 e. The molecule has 0 radical (unpaired) electrons. The van der Waals surface area contributed by atoms with Gasteiger partial charge in [0.25, 0.3) is 0 Å². The van der Waals surface area contributed by atoms with E-state index in [-0.39, 0.29) is 11.7 Å². The minimum Gasteiger partial charge on any atom is -0.495 e. The Morgan fingerprint density at radius 2 is 2.07 bits per heavy atom. The van der Waals surface area contributed by atoms with E-state index in [9.17, 15) is 4.79 Å². The zero-order valence-electron chi connectivity index (χ0n) is 15.2. The van der Waals surface area contributed by atoms with Crippen LogP contribution in [0, 0.1) is 13.8 Å². The molecule has 1 amide bonds. The Labute approximate surface area is 166 Å². The van der Waals surface area contributed by atoms with Crippen molar-refractivity contribution in [2.45, 2.75) is 19.0 Å². The van der Waals surface area contributed by atoms with Gasteiger partial charge < -0.3 is 10.1 Å². The highest BCUT2D eigenvalue weighted by molar-refractivity contribution is 7.99. The Kier molecular flexibility index (Phi) is 6.03. The number of carbonyl (C=O) groups excluding carboxylic acids is 1. The minimum atomic E-state index is -0.163. The monoisotopic (exact) mass is 402 g/mol. The van der Waals surface area contributed by atoms with Crippen molar-refractivity contribution in [2.75, 3.05) is 18.2 Å². The fourth-order valence-electron chi connectivity index (χ4n) is 2.70. The molecule has 0 aliphatic heterocycles. The third-order valence-corrected chi connectivity index (χ3v) is 5.13. The van der Waals surface area contributed by atoms with E-state index in [0.29, 0.717) is 21.6 Å². The summed E-state index contributed by atoms with van der Waals surface area (Å²) in [6.45, 7) is 3.88. The van der Waals surface area contributed by atoms with E-state index >= 15 is 0 Å². The number of para-hydroxylation sites is 2. The van der Waals surface area contributed by atoms with Crippen LogP contribution < -0.4 is 10.1 Å². The average Bonchev–Trinajstić information content (AvgIpc) is 3.11. The number of anilines is 1. The fourth-order valence-corrected chi connectivity index (χ4v) is 3.79. The number of thioether (sulfide) groups is 1. The van der Waals surface area contributed by atoms with Gasteiger partial charge in [-0.2, -0.15) is 0 Å². The van der Waals surface area contributed by atoms with E-state index < -0.39 is 0 Å². The summed E-state index contributed by atoms with van der Waals surface area (Å²) in [6.07, 6.45) is 1.60. The predicted molar refractivity (Wildman–Crippen MR) is 108 cm³/mol. The zero-order chi connectivity index (χ0) is 19.4. The standard InChI is InChI=1S/C19H19ClN4O2S/c1-12-8-13(2)18(14(20)9-12)22-17(25)10-27-19-23-21-11-24(19)15-6-4-5-7-16(15)26-3/h4-9,11H,10H2,1-3H3,(H,22,25). The molecule has 3 rings (SSSR count). The lowest BCUT2D eigenvalue weighted by atomic mass is 10.1. The van der Waals surface area contributed by atoms with Crippen LogP contribution in [0.2, 0.25) is 5.02 Å². The van der Waals surface area contributed by atoms with Crippen molar-refractivity contribution in [2.24, 2.45) is 0 Å². The average molecular weight is 403 g/mol. The summed E-state index contributed by atoms with van der Waals surface area (Å²) in [5.74, 6) is 0.714. The van der Waals surface area contributed by atoms with E-state index in [0.717, 1.165) is 16.8 Å². The van der Waals surface area contributed by atoms with Gasteiger partial charge in [0.2, 0.25) is 5.91 Å². The second kappa shape index (κ2) is 8.45. The highest BCUT2D eigenvalue weighted by Crippen LogP contribution is 2.29. The highest BCUT2D eigenvalue weighted by Gasteiger charge is 2.14. The lowest BCUT2D eigenvalue weighted by Crippen LogP contribution is -2.15.